The zero-order valence-electron chi connectivity index (χ0n) is 20.9. The van der Waals surface area contributed by atoms with E-state index < -0.39 is 28.5 Å². The molecule has 0 radical (unpaired) electrons. The number of Topliss-reactive ketones (excluding diaryl/α,β-unsaturated/α-hetero) is 1. The molecule has 180 valence electrons. The number of allylic oxidation sites excluding steroid dienone is 2. The van der Waals surface area contributed by atoms with Gasteiger partial charge < -0.3 is 15.0 Å². The van der Waals surface area contributed by atoms with Gasteiger partial charge in [-0.25, -0.2) is 0 Å². The first-order valence-electron chi connectivity index (χ1n) is 12.9. The second-order valence-corrected chi connectivity index (χ2v) is 12.9. The molecule has 2 N–H and O–H groups in total. The molecule has 4 nitrogen and oxygen atoms in total. The monoisotopic (exact) mass is 444 g/mol. The third-order valence-corrected chi connectivity index (χ3v) is 11.0. The topological polar surface area (TPSA) is 74.6 Å². The van der Waals surface area contributed by atoms with Gasteiger partial charge in [-0.05, 0) is 80.5 Å². The predicted octanol–water partition coefficient (Wildman–Crippen LogP) is 4.96. The summed E-state index contributed by atoms with van der Waals surface area (Å²) in [5.41, 5.74) is -3.13. The van der Waals surface area contributed by atoms with Gasteiger partial charge in [-0.1, -0.05) is 46.8 Å². The van der Waals surface area contributed by atoms with E-state index in [0.717, 1.165) is 19.1 Å². The van der Waals surface area contributed by atoms with Crippen molar-refractivity contribution in [3.63, 3.8) is 0 Å². The molecule has 0 aliphatic heterocycles. The van der Waals surface area contributed by atoms with Crippen molar-refractivity contribution in [2.24, 2.45) is 51.8 Å². The average Bonchev–Trinajstić information content (AvgIpc) is 3.23. The number of hydrogen-bond acceptors (Lipinski definition) is 4. The Morgan fingerprint density at radius 1 is 1.03 bits per heavy atom. The maximum atomic E-state index is 14.1. The van der Waals surface area contributed by atoms with Crippen LogP contribution < -0.4 is 0 Å². The van der Waals surface area contributed by atoms with Gasteiger partial charge in [0.15, 0.2) is 0 Å². The predicted molar refractivity (Wildman–Crippen MR) is 126 cm³/mol. The molecule has 10 atom stereocenters. The Balaban J connectivity index is 1.66. The molecule has 4 aliphatic rings. The first-order chi connectivity index (χ1) is 14.9. The molecule has 0 aromatic carbocycles. The van der Waals surface area contributed by atoms with Crippen molar-refractivity contribution < 1.29 is 19.8 Å². The summed E-state index contributed by atoms with van der Waals surface area (Å²) in [7, 11) is 0. The molecule has 0 aromatic heterocycles. The number of aldehydes is 1. The quantitative estimate of drug-likeness (QED) is 0.464. The number of carbonyl (C=O) groups excluding carboxylic acids is 2. The van der Waals surface area contributed by atoms with E-state index in [-0.39, 0.29) is 17.6 Å². The Bertz CT molecular complexity index is 803. The van der Waals surface area contributed by atoms with Crippen LogP contribution in [0, 0.1) is 51.8 Å². The molecule has 4 heteroatoms. The maximum Gasteiger partial charge on any atom is 0.148 e. The molecule has 0 bridgehead atoms. The van der Waals surface area contributed by atoms with Crippen molar-refractivity contribution >= 4 is 12.1 Å². The van der Waals surface area contributed by atoms with Crippen LogP contribution in [0.25, 0.3) is 0 Å². The van der Waals surface area contributed by atoms with Gasteiger partial charge in [0, 0.05) is 11.8 Å². The lowest BCUT2D eigenvalue weighted by Crippen LogP contribution is -2.54. The summed E-state index contributed by atoms with van der Waals surface area (Å²) in [4.78, 5) is 26.6. The fraction of sp³-hybridized carbons (Fsp3) is 0.857. The van der Waals surface area contributed by atoms with E-state index in [1.165, 1.54) is 6.42 Å². The van der Waals surface area contributed by atoms with E-state index in [4.69, 9.17) is 0 Å². The first-order valence-corrected chi connectivity index (χ1v) is 12.9. The molecule has 4 saturated carbocycles. The van der Waals surface area contributed by atoms with Gasteiger partial charge in [-0.2, -0.15) is 0 Å². The average molecular weight is 445 g/mol. The van der Waals surface area contributed by atoms with E-state index in [0.29, 0.717) is 48.9 Å². The molecule has 1 spiro atoms. The highest BCUT2D eigenvalue weighted by molar-refractivity contribution is 5.98. The molecule has 4 rings (SSSR count). The smallest absolute Gasteiger partial charge is 0.148 e. The number of aliphatic hydroxyl groups is 2. The lowest BCUT2D eigenvalue weighted by Gasteiger charge is -2.45. The second kappa shape index (κ2) is 7.77. The summed E-state index contributed by atoms with van der Waals surface area (Å²) in [6.45, 7) is 13.3. The number of ketones is 1. The van der Waals surface area contributed by atoms with Gasteiger partial charge >= 0.3 is 0 Å². The standard InChI is InChI=1S/C28H44O4/c1-17(2)18(3)7-8-19(4)22-10-9-20-13-27(16-25(20,22)5)23(15-29)28(32)14-21(30)11-12-26(28,6)24(27)31/h7-8,15,17-23,30,32H,9-14,16H2,1-6H3/b8-7+/t18?,19-,20?,21+,22-,23-,25+,26-,27+,28-/m1/s1. The lowest BCUT2D eigenvalue weighted by atomic mass is 9.63. The van der Waals surface area contributed by atoms with Crippen LogP contribution in [0.1, 0.15) is 86.5 Å². The highest BCUT2D eigenvalue weighted by atomic mass is 16.3. The lowest BCUT2D eigenvalue weighted by molar-refractivity contribution is -0.158. The first kappa shape index (κ1) is 24.1. The largest absolute Gasteiger partial charge is 0.393 e. The van der Waals surface area contributed by atoms with Crippen molar-refractivity contribution in [2.75, 3.05) is 0 Å². The Hall–Kier alpha value is -1.00. The molecule has 4 aliphatic carbocycles. The third kappa shape index (κ3) is 3.07. The number of fused-ring (bicyclic) bond motifs is 2. The molecule has 32 heavy (non-hydrogen) atoms. The van der Waals surface area contributed by atoms with Crippen molar-refractivity contribution in [1.82, 2.24) is 0 Å². The molecule has 0 heterocycles. The summed E-state index contributed by atoms with van der Waals surface area (Å²) in [5.74, 6) is 1.87. The fourth-order valence-electron chi connectivity index (χ4n) is 8.65. The van der Waals surface area contributed by atoms with Crippen LogP contribution in [0.4, 0.5) is 0 Å². The molecule has 0 aromatic rings. The van der Waals surface area contributed by atoms with Crippen LogP contribution in [-0.2, 0) is 9.59 Å². The van der Waals surface area contributed by atoms with Gasteiger partial charge in [-0.15, -0.1) is 0 Å². The molecule has 2 unspecified atom stereocenters. The molecule has 0 saturated heterocycles. The Morgan fingerprint density at radius 3 is 2.34 bits per heavy atom. The molecular formula is C28H44O4. The highest BCUT2D eigenvalue weighted by Gasteiger charge is 2.77. The summed E-state index contributed by atoms with van der Waals surface area (Å²) in [6.07, 6.45) is 9.76. The van der Waals surface area contributed by atoms with Gasteiger partial charge in [-0.3, -0.25) is 4.79 Å². The van der Waals surface area contributed by atoms with Gasteiger partial charge in [0.2, 0.25) is 0 Å². The Labute approximate surface area is 194 Å². The molecule has 0 amide bonds. The van der Waals surface area contributed by atoms with Crippen LogP contribution in [0.2, 0.25) is 0 Å². The summed E-state index contributed by atoms with van der Waals surface area (Å²) in [6, 6.07) is 0. The van der Waals surface area contributed by atoms with E-state index in [2.05, 4.69) is 46.8 Å². The van der Waals surface area contributed by atoms with Crippen molar-refractivity contribution in [2.45, 2.75) is 98.2 Å². The van der Waals surface area contributed by atoms with Crippen LogP contribution in [-0.4, -0.2) is 34.0 Å². The summed E-state index contributed by atoms with van der Waals surface area (Å²) in [5, 5.41) is 22.1. The maximum absolute atomic E-state index is 14.1. The minimum atomic E-state index is -1.42. The van der Waals surface area contributed by atoms with E-state index >= 15 is 0 Å². The number of carbonyl (C=O) groups is 2. The zero-order chi connectivity index (χ0) is 23.7. The van der Waals surface area contributed by atoms with Crippen LogP contribution in [0.15, 0.2) is 12.2 Å². The van der Waals surface area contributed by atoms with Crippen molar-refractivity contribution in [1.29, 1.82) is 0 Å². The third-order valence-electron chi connectivity index (χ3n) is 11.0. The van der Waals surface area contributed by atoms with Gasteiger partial charge in [0.25, 0.3) is 0 Å². The Kier molecular flexibility index (Phi) is 5.86. The van der Waals surface area contributed by atoms with Crippen molar-refractivity contribution in [3.05, 3.63) is 12.2 Å². The van der Waals surface area contributed by atoms with E-state index in [9.17, 15) is 19.8 Å². The summed E-state index contributed by atoms with van der Waals surface area (Å²) < 4.78 is 0. The molecule has 4 fully saturated rings. The van der Waals surface area contributed by atoms with Crippen LogP contribution >= 0.6 is 0 Å². The number of rotatable bonds is 5. The van der Waals surface area contributed by atoms with Gasteiger partial charge in [0.1, 0.15) is 12.1 Å². The highest BCUT2D eigenvalue weighted by Crippen LogP contribution is 2.73. The van der Waals surface area contributed by atoms with Crippen molar-refractivity contribution in [3.8, 4) is 0 Å². The minimum absolute atomic E-state index is 0.000571. The molecular weight excluding hydrogens is 400 g/mol. The van der Waals surface area contributed by atoms with Crippen LogP contribution in [0.3, 0.4) is 0 Å². The van der Waals surface area contributed by atoms with E-state index in [1.807, 2.05) is 6.92 Å². The number of hydrogen-bond donors (Lipinski definition) is 2. The Morgan fingerprint density at radius 2 is 1.72 bits per heavy atom. The van der Waals surface area contributed by atoms with Gasteiger partial charge in [0.05, 0.1) is 23.0 Å². The van der Waals surface area contributed by atoms with E-state index in [1.54, 1.807) is 0 Å². The number of aliphatic hydroxyl groups excluding tert-OH is 1. The normalized spacial score (nSPS) is 50.2. The van der Waals surface area contributed by atoms with Crippen LogP contribution in [0.5, 0.6) is 0 Å². The zero-order valence-corrected chi connectivity index (χ0v) is 20.9. The second-order valence-electron chi connectivity index (χ2n) is 12.9. The fourth-order valence-corrected chi connectivity index (χ4v) is 8.65. The SMILES string of the molecule is CC(C)C(C)/C=C/[C@@H](C)[C@H]1CCC2C[C@@]3(C[C@@]21C)C(=O)[C@@]1(C)CC[C@H](O)C[C@@]1(O)[C@@H]3C=O. The summed E-state index contributed by atoms with van der Waals surface area (Å²) >= 11 is 0. The minimum Gasteiger partial charge on any atom is -0.393 e.